The Bertz CT molecular complexity index is 214. The summed E-state index contributed by atoms with van der Waals surface area (Å²) in [6.07, 6.45) is 14.1. The molecule has 0 bridgehead atoms. The highest BCUT2D eigenvalue weighted by Crippen LogP contribution is 2.77. The van der Waals surface area contributed by atoms with E-state index in [1.807, 2.05) is 0 Å². The van der Waals surface area contributed by atoms with Crippen molar-refractivity contribution < 1.29 is 0 Å². The fourth-order valence-corrected chi connectivity index (χ4v) is 9.09. The molecule has 3 heteroatoms. The van der Waals surface area contributed by atoms with Crippen molar-refractivity contribution in [1.82, 2.24) is 4.67 Å². The van der Waals surface area contributed by atoms with Crippen molar-refractivity contribution in [2.75, 3.05) is 14.1 Å². The monoisotopic (exact) mass is 276 g/mol. The fraction of sp³-hybridized carbons (Fsp3) is 1.00. The Morgan fingerprint density at radius 3 is 1.41 bits per heavy atom. The standard InChI is InChI=1S/C14H28ClNP/c1-16(2)17(15,13-9-5-3-6-10-13)14-11-7-4-8-12-14/h13-14H,3-12H2,1-2H3/q+1. The van der Waals surface area contributed by atoms with Gasteiger partial charge in [-0.3, -0.25) is 0 Å². The van der Waals surface area contributed by atoms with E-state index in [2.05, 4.69) is 18.8 Å². The third-order valence-electron chi connectivity index (χ3n) is 4.79. The first-order valence-electron chi connectivity index (χ1n) is 7.41. The molecule has 2 rings (SSSR count). The molecule has 0 heterocycles. The Morgan fingerprint density at radius 2 is 1.12 bits per heavy atom. The van der Waals surface area contributed by atoms with Crippen LogP contribution in [0.1, 0.15) is 64.2 Å². The maximum absolute atomic E-state index is 7.27. The average Bonchev–Trinajstić information content (AvgIpc) is 2.39. The van der Waals surface area contributed by atoms with E-state index in [9.17, 15) is 0 Å². The van der Waals surface area contributed by atoms with Gasteiger partial charge in [-0.05, 0) is 51.4 Å². The molecule has 0 aliphatic heterocycles. The van der Waals surface area contributed by atoms with Crippen LogP contribution >= 0.6 is 18.0 Å². The van der Waals surface area contributed by atoms with E-state index in [1.165, 1.54) is 64.2 Å². The second-order valence-corrected chi connectivity index (χ2v) is 11.3. The maximum Gasteiger partial charge on any atom is 0.188 e. The molecule has 0 unspecified atom stereocenters. The highest BCUT2D eigenvalue weighted by molar-refractivity contribution is 7.98. The molecule has 0 aromatic carbocycles. The van der Waals surface area contributed by atoms with Crippen LogP contribution in [0, 0.1) is 0 Å². The predicted octanol–water partition coefficient (Wildman–Crippen LogP) is 5.30. The number of halogens is 1. The zero-order chi connectivity index (χ0) is 12.3. The van der Waals surface area contributed by atoms with Crippen LogP contribution in [0.5, 0.6) is 0 Å². The van der Waals surface area contributed by atoms with Gasteiger partial charge in [0.15, 0.2) is 6.77 Å². The molecule has 1 nitrogen and oxygen atoms in total. The summed E-state index contributed by atoms with van der Waals surface area (Å²) >= 11 is 7.27. The van der Waals surface area contributed by atoms with Crippen LogP contribution in [0.2, 0.25) is 0 Å². The van der Waals surface area contributed by atoms with Crippen molar-refractivity contribution in [2.45, 2.75) is 75.5 Å². The minimum Gasteiger partial charge on any atom is -0.170 e. The molecule has 2 aliphatic rings. The average molecular weight is 277 g/mol. The molecule has 2 fully saturated rings. The summed E-state index contributed by atoms with van der Waals surface area (Å²) in [6.45, 7) is -1.39. The zero-order valence-corrected chi connectivity index (χ0v) is 13.1. The third kappa shape index (κ3) is 2.99. The Labute approximate surface area is 112 Å². The summed E-state index contributed by atoms with van der Waals surface area (Å²) in [5.41, 5.74) is 1.66. The summed E-state index contributed by atoms with van der Waals surface area (Å²) in [5, 5.41) is 0. The van der Waals surface area contributed by atoms with E-state index in [4.69, 9.17) is 11.2 Å². The lowest BCUT2D eigenvalue weighted by Gasteiger charge is -2.40. The van der Waals surface area contributed by atoms with Crippen molar-refractivity contribution in [3.8, 4) is 0 Å². The van der Waals surface area contributed by atoms with Crippen molar-refractivity contribution in [3.05, 3.63) is 0 Å². The van der Waals surface area contributed by atoms with Crippen molar-refractivity contribution in [2.24, 2.45) is 0 Å². The first kappa shape index (κ1) is 14.1. The molecule has 100 valence electrons. The summed E-state index contributed by atoms with van der Waals surface area (Å²) in [7, 11) is 4.48. The first-order valence-corrected chi connectivity index (χ1v) is 10.2. The minimum absolute atomic E-state index is 0.830. The second kappa shape index (κ2) is 6.22. The van der Waals surface area contributed by atoms with Gasteiger partial charge in [-0.2, -0.15) is 4.67 Å². The molecule has 0 radical (unpaired) electrons. The van der Waals surface area contributed by atoms with Crippen molar-refractivity contribution >= 4 is 18.0 Å². The van der Waals surface area contributed by atoms with Gasteiger partial charge in [0.1, 0.15) is 22.6 Å². The molecule has 0 spiro atoms. The minimum atomic E-state index is -1.39. The smallest absolute Gasteiger partial charge is 0.170 e. The predicted molar refractivity (Wildman–Crippen MR) is 80.2 cm³/mol. The van der Waals surface area contributed by atoms with Gasteiger partial charge in [-0.25, -0.2) is 0 Å². The first-order chi connectivity index (χ1) is 8.15. The largest absolute Gasteiger partial charge is 0.188 e. The third-order valence-corrected chi connectivity index (χ3v) is 11.7. The molecule has 0 amide bonds. The van der Waals surface area contributed by atoms with Gasteiger partial charge >= 0.3 is 0 Å². The van der Waals surface area contributed by atoms with Crippen molar-refractivity contribution in [3.63, 3.8) is 0 Å². The summed E-state index contributed by atoms with van der Waals surface area (Å²) < 4.78 is 2.44. The van der Waals surface area contributed by atoms with E-state index in [-0.39, 0.29) is 0 Å². The van der Waals surface area contributed by atoms with E-state index in [0.717, 1.165) is 11.3 Å². The fourth-order valence-electron chi connectivity index (χ4n) is 3.84. The second-order valence-electron chi connectivity index (χ2n) is 6.08. The van der Waals surface area contributed by atoms with Gasteiger partial charge in [0.25, 0.3) is 0 Å². The molecule has 0 aromatic rings. The zero-order valence-electron chi connectivity index (χ0n) is 11.5. The van der Waals surface area contributed by atoms with Crippen LogP contribution in [0.15, 0.2) is 0 Å². The quantitative estimate of drug-likeness (QED) is 0.632. The van der Waals surface area contributed by atoms with Gasteiger partial charge in [-0.15, -0.1) is 0 Å². The van der Waals surface area contributed by atoms with Crippen LogP contribution in [0.4, 0.5) is 0 Å². The molecule has 2 saturated carbocycles. The number of hydrogen-bond acceptors (Lipinski definition) is 1. The molecule has 2 aliphatic carbocycles. The molecular weight excluding hydrogens is 249 g/mol. The molecule has 0 saturated heterocycles. The Balaban J connectivity index is 2.11. The highest BCUT2D eigenvalue weighted by Gasteiger charge is 2.54. The van der Waals surface area contributed by atoms with Crippen LogP contribution < -0.4 is 0 Å². The van der Waals surface area contributed by atoms with Gasteiger partial charge < -0.3 is 0 Å². The highest BCUT2D eigenvalue weighted by atomic mass is 35.7. The van der Waals surface area contributed by atoms with Gasteiger partial charge in [-0.1, -0.05) is 12.8 Å². The van der Waals surface area contributed by atoms with Gasteiger partial charge in [0.2, 0.25) is 0 Å². The Morgan fingerprint density at radius 1 is 0.765 bits per heavy atom. The Hall–Kier alpha value is 0.680. The van der Waals surface area contributed by atoms with Gasteiger partial charge in [0, 0.05) is 14.1 Å². The van der Waals surface area contributed by atoms with Gasteiger partial charge in [0.05, 0.1) is 0 Å². The maximum atomic E-state index is 7.27. The lowest BCUT2D eigenvalue weighted by molar-refractivity contribution is 0.460. The van der Waals surface area contributed by atoms with E-state index in [0.29, 0.717) is 0 Å². The number of rotatable bonds is 3. The van der Waals surface area contributed by atoms with E-state index < -0.39 is 6.77 Å². The van der Waals surface area contributed by atoms with E-state index in [1.54, 1.807) is 0 Å². The molecule has 0 aromatic heterocycles. The van der Waals surface area contributed by atoms with E-state index >= 15 is 0 Å². The molecule has 0 atom stereocenters. The lowest BCUT2D eigenvalue weighted by atomic mass is 10.00. The Kier molecular flexibility index (Phi) is 5.16. The normalized spacial score (nSPS) is 25.4. The van der Waals surface area contributed by atoms with Crippen molar-refractivity contribution in [1.29, 1.82) is 0 Å². The summed E-state index contributed by atoms with van der Waals surface area (Å²) in [6, 6.07) is 0. The summed E-state index contributed by atoms with van der Waals surface area (Å²) in [5.74, 6) is 0. The number of nitrogens with zero attached hydrogens (tertiary/aromatic N) is 1. The SMILES string of the molecule is CN(C)[P+](Cl)(C1CCCCC1)C1CCCCC1. The van der Waals surface area contributed by atoms with Crippen LogP contribution in [-0.2, 0) is 0 Å². The number of hydrogen-bond donors (Lipinski definition) is 0. The molecule has 0 N–H and O–H groups in total. The van der Waals surface area contributed by atoms with Crippen LogP contribution in [0.25, 0.3) is 0 Å². The summed E-state index contributed by atoms with van der Waals surface area (Å²) in [4.78, 5) is 0. The molecule has 17 heavy (non-hydrogen) atoms. The van der Waals surface area contributed by atoms with Crippen LogP contribution in [-0.4, -0.2) is 30.1 Å². The molecular formula is C14H28ClNP+. The topological polar surface area (TPSA) is 3.24 Å². The lowest BCUT2D eigenvalue weighted by Crippen LogP contribution is -2.32. The van der Waals surface area contributed by atoms with Crippen LogP contribution in [0.3, 0.4) is 0 Å².